The smallest absolute Gasteiger partial charge is 0.254 e. The minimum absolute atomic E-state index is 0.139. The highest BCUT2D eigenvalue weighted by Crippen LogP contribution is 2.30. The Kier molecular flexibility index (Phi) is 6.60. The van der Waals surface area contributed by atoms with E-state index in [4.69, 9.17) is 5.26 Å². The molecule has 0 spiro atoms. The van der Waals surface area contributed by atoms with Crippen LogP contribution in [0, 0.1) is 11.3 Å². The van der Waals surface area contributed by atoms with Crippen molar-refractivity contribution in [1.82, 2.24) is 20.2 Å². The number of pyridine rings is 2. The molecular weight excluding hydrogens is 426 g/mol. The highest BCUT2D eigenvalue weighted by Gasteiger charge is 2.48. The molecule has 7 nitrogen and oxygen atoms in total. The van der Waals surface area contributed by atoms with Gasteiger partial charge in [-0.05, 0) is 59.7 Å². The predicted octanol–water partition coefficient (Wildman–Crippen LogP) is 3.21. The van der Waals surface area contributed by atoms with Crippen molar-refractivity contribution in [3.8, 4) is 6.07 Å². The molecule has 2 aromatic heterocycles. The molecule has 3 heterocycles. The number of nitriles is 1. The third-order valence-corrected chi connectivity index (χ3v) is 5.70. The number of carbonyl (C=O) groups excluding carboxylic acids is 2. The zero-order valence-electron chi connectivity index (χ0n) is 18.5. The van der Waals surface area contributed by atoms with Gasteiger partial charge in [-0.15, -0.1) is 6.58 Å². The van der Waals surface area contributed by atoms with Crippen LogP contribution in [-0.4, -0.2) is 38.6 Å². The van der Waals surface area contributed by atoms with Crippen LogP contribution < -0.4 is 5.32 Å². The van der Waals surface area contributed by atoms with Crippen molar-refractivity contribution >= 4 is 11.7 Å². The number of rotatable bonds is 8. The second-order valence-electron chi connectivity index (χ2n) is 8.06. The normalized spacial score (nSPS) is 15.6. The Bertz CT molecular complexity index is 1220. The molecular formula is C27H23N5O2. The lowest BCUT2D eigenvalue weighted by Crippen LogP contribution is -2.50. The lowest BCUT2D eigenvalue weighted by Gasteiger charge is -2.27. The molecule has 7 heteroatoms. The molecule has 0 unspecified atom stereocenters. The fourth-order valence-corrected chi connectivity index (χ4v) is 4.08. The number of nitrogens with one attached hydrogen (secondary N) is 1. The summed E-state index contributed by atoms with van der Waals surface area (Å²) in [5.41, 5.74) is 1.80. The number of carbonyl (C=O) groups is 2. The first-order chi connectivity index (χ1) is 16.5. The molecule has 0 atom stereocenters. The molecule has 168 valence electrons. The number of nitrogens with zero attached hydrogens (tertiary/aromatic N) is 4. The van der Waals surface area contributed by atoms with Gasteiger partial charge in [0.25, 0.3) is 5.91 Å². The Labute approximate surface area is 198 Å². The number of amides is 1. The lowest BCUT2D eigenvalue weighted by atomic mass is 9.85. The van der Waals surface area contributed by atoms with Crippen LogP contribution in [0.2, 0.25) is 0 Å². The van der Waals surface area contributed by atoms with E-state index in [1.165, 1.54) is 6.08 Å². The van der Waals surface area contributed by atoms with Gasteiger partial charge in [-0.25, -0.2) is 0 Å². The zero-order valence-corrected chi connectivity index (χ0v) is 18.5. The fraction of sp³-hybridized carbons (Fsp3) is 0.148. The van der Waals surface area contributed by atoms with Crippen LogP contribution in [0.25, 0.3) is 0 Å². The molecule has 1 fully saturated rings. The van der Waals surface area contributed by atoms with Crippen LogP contribution in [0.1, 0.15) is 27.0 Å². The van der Waals surface area contributed by atoms with Crippen molar-refractivity contribution in [2.24, 2.45) is 0 Å². The Balaban J connectivity index is 1.73. The Hall–Kier alpha value is -4.57. The van der Waals surface area contributed by atoms with Crippen LogP contribution in [0.3, 0.4) is 0 Å². The maximum Gasteiger partial charge on any atom is 0.254 e. The Morgan fingerprint density at radius 3 is 2.06 bits per heavy atom. The lowest BCUT2D eigenvalue weighted by molar-refractivity contribution is -0.131. The molecule has 3 aromatic rings. The number of hydrogen-bond acceptors (Lipinski definition) is 6. The van der Waals surface area contributed by atoms with E-state index in [9.17, 15) is 9.59 Å². The summed E-state index contributed by atoms with van der Waals surface area (Å²) in [6.45, 7) is 4.04. The summed E-state index contributed by atoms with van der Waals surface area (Å²) in [4.78, 5) is 36.5. The van der Waals surface area contributed by atoms with Crippen molar-refractivity contribution in [3.63, 3.8) is 0 Å². The van der Waals surface area contributed by atoms with Crippen molar-refractivity contribution in [1.29, 1.82) is 5.26 Å². The maximum absolute atomic E-state index is 13.8. The highest BCUT2D eigenvalue weighted by atomic mass is 16.2. The molecule has 4 rings (SSSR count). The number of hydrogen-bond donors (Lipinski definition) is 1. The monoisotopic (exact) mass is 449 g/mol. The summed E-state index contributed by atoms with van der Waals surface area (Å²) in [7, 11) is 0. The number of benzene rings is 1. The van der Waals surface area contributed by atoms with Gasteiger partial charge < -0.3 is 5.32 Å². The second kappa shape index (κ2) is 9.92. The third kappa shape index (κ3) is 4.76. The maximum atomic E-state index is 13.8. The van der Waals surface area contributed by atoms with E-state index in [-0.39, 0.29) is 18.2 Å². The summed E-state index contributed by atoms with van der Waals surface area (Å²) in [5, 5.41) is 12.4. The topological polar surface area (TPSA) is 99.0 Å². The minimum Gasteiger partial charge on any atom is -0.357 e. The molecule has 1 aliphatic rings. The summed E-state index contributed by atoms with van der Waals surface area (Å²) < 4.78 is 0. The van der Waals surface area contributed by atoms with Gasteiger partial charge in [0.05, 0.1) is 11.6 Å². The summed E-state index contributed by atoms with van der Waals surface area (Å²) >= 11 is 0. The quantitative estimate of drug-likeness (QED) is 0.322. The van der Waals surface area contributed by atoms with E-state index < -0.39 is 5.54 Å². The van der Waals surface area contributed by atoms with E-state index in [0.29, 0.717) is 29.8 Å². The second-order valence-corrected chi connectivity index (χ2v) is 8.06. The van der Waals surface area contributed by atoms with Gasteiger partial charge in [-0.3, -0.25) is 24.5 Å². The summed E-state index contributed by atoms with van der Waals surface area (Å²) in [5.74, 6) is 0.0137. The molecule has 1 saturated heterocycles. The van der Waals surface area contributed by atoms with Gasteiger partial charge in [-0.1, -0.05) is 6.08 Å². The SMILES string of the molecule is C=CCN1C(=O)C(Cc2ccncc2)(Cc2ccncc2)NC1=CC(=O)c1ccc(C#N)cc1. The average Bonchev–Trinajstić information content (AvgIpc) is 3.10. The van der Waals surface area contributed by atoms with Gasteiger partial charge >= 0.3 is 0 Å². The highest BCUT2D eigenvalue weighted by molar-refractivity contribution is 6.06. The zero-order chi connectivity index (χ0) is 24.0. The van der Waals surface area contributed by atoms with E-state index >= 15 is 0 Å². The molecule has 0 aliphatic carbocycles. The third-order valence-electron chi connectivity index (χ3n) is 5.70. The molecule has 0 radical (unpaired) electrons. The van der Waals surface area contributed by atoms with Crippen LogP contribution >= 0.6 is 0 Å². The van der Waals surface area contributed by atoms with Gasteiger partial charge in [0.2, 0.25) is 0 Å². The molecule has 34 heavy (non-hydrogen) atoms. The van der Waals surface area contributed by atoms with Crippen molar-refractivity contribution in [3.05, 3.63) is 120 Å². The van der Waals surface area contributed by atoms with Crippen molar-refractivity contribution in [2.45, 2.75) is 18.4 Å². The number of aromatic nitrogens is 2. The van der Waals surface area contributed by atoms with Gasteiger partial charge in [0.1, 0.15) is 11.4 Å². The van der Waals surface area contributed by atoms with Gasteiger partial charge in [0, 0.05) is 55.8 Å². The Morgan fingerprint density at radius 2 is 1.56 bits per heavy atom. The van der Waals surface area contributed by atoms with Crippen LogP contribution in [0.15, 0.2) is 97.9 Å². The molecule has 1 aliphatic heterocycles. The Morgan fingerprint density at radius 1 is 1.00 bits per heavy atom. The first-order valence-electron chi connectivity index (χ1n) is 10.8. The van der Waals surface area contributed by atoms with Gasteiger partial charge in [-0.2, -0.15) is 5.26 Å². The molecule has 1 amide bonds. The van der Waals surface area contributed by atoms with Crippen molar-refractivity contribution < 1.29 is 9.59 Å². The minimum atomic E-state index is -0.998. The van der Waals surface area contributed by atoms with E-state index in [1.54, 1.807) is 60.0 Å². The first kappa shape index (κ1) is 22.6. The van der Waals surface area contributed by atoms with E-state index in [1.807, 2.05) is 30.3 Å². The van der Waals surface area contributed by atoms with Gasteiger partial charge in [0.15, 0.2) is 5.78 Å². The largest absolute Gasteiger partial charge is 0.357 e. The average molecular weight is 450 g/mol. The molecule has 1 aromatic carbocycles. The van der Waals surface area contributed by atoms with Crippen molar-refractivity contribution in [2.75, 3.05) is 6.54 Å². The summed E-state index contributed by atoms with van der Waals surface area (Å²) in [6, 6.07) is 16.0. The van der Waals surface area contributed by atoms with E-state index in [0.717, 1.165) is 11.1 Å². The van der Waals surface area contributed by atoms with Crippen LogP contribution in [-0.2, 0) is 17.6 Å². The number of allylic oxidation sites excluding steroid dienone is 1. The fourth-order valence-electron chi connectivity index (χ4n) is 4.08. The summed E-state index contributed by atoms with van der Waals surface area (Å²) in [6.07, 6.45) is 10.7. The molecule has 0 saturated carbocycles. The van der Waals surface area contributed by atoms with Crippen LogP contribution in [0.4, 0.5) is 0 Å². The van der Waals surface area contributed by atoms with E-state index in [2.05, 4.69) is 21.9 Å². The predicted molar refractivity (Wildman–Crippen MR) is 127 cm³/mol. The molecule has 0 bridgehead atoms. The number of ketones is 1. The molecule has 1 N–H and O–H groups in total. The van der Waals surface area contributed by atoms with Crippen LogP contribution in [0.5, 0.6) is 0 Å². The standard InChI is InChI=1S/C27H23N5O2/c1-2-15-32-25(16-24(33)23-5-3-22(19-28)4-6-23)31-27(26(32)34,17-20-7-11-29-12-8-20)18-21-9-13-30-14-10-21/h2-14,16,31H,1,15,17-18H2. The first-order valence-corrected chi connectivity index (χ1v) is 10.8.